The summed E-state index contributed by atoms with van der Waals surface area (Å²) in [5.41, 5.74) is 1.16. The van der Waals surface area contributed by atoms with Gasteiger partial charge < -0.3 is 4.74 Å². The minimum Gasteiger partial charge on any atom is -0.456 e. The van der Waals surface area contributed by atoms with Gasteiger partial charge in [-0.25, -0.2) is 0 Å². The average Bonchev–Trinajstić information content (AvgIpc) is 2.60. The van der Waals surface area contributed by atoms with Gasteiger partial charge in [0.1, 0.15) is 11.5 Å². The molecule has 1 aliphatic heterocycles. The maximum atomic E-state index is 13.3. The molecule has 2 nitrogen and oxygen atoms in total. The second-order valence-corrected chi connectivity index (χ2v) is 5.90. The minimum atomic E-state index is -0.525. The van der Waals surface area contributed by atoms with Gasteiger partial charge in [-0.05, 0) is 30.5 Å². The molecule has 2 aromatic carbocycles. The summed E-state index contributed by atoms with van der Waals surface area (Å²) >= 11 is 0. The Hall–Kier alpha value is -2.09. The largest absolute Gasteiger partial charge is 0.456 e. The number of para-hydroxylation sites is 2. The smallest absolute Gasteiger partial charge is 0.177 e. The van der Waals surface area contributed by atoms with Crippen LogP contribution in [0.4, 0.5) is 0 Å². The third-order valence-corrected chi connectivity index (χ3v) is 4.67. The van der Waals surface area contributed by atoms with Crippen molar-refractivity contribution in [2.24, 2.45) is 5.92 Å². The molecule has 1 unspecified atom stereocenters. The highest BCUT2D eigenvalue weighted by molar-refractivity contribution is 6.07. The van der Waals surface area contributed by atoms with Gasteiger partial charge in [-0.2, -0.15) is 0 Å². The molecule has 1 aliphatic rings. The molecule has 108 valence electrons. The van der Waals surface area contributed by atoms with Crippen molar-refractivity contribution in [3.8, 4) is 11.5 Å². The van der Waals surface area contributed by atoms with Crippen LogP contribution in [0.3, 0.4) is 0 Å². The van der Waals surface area contributed by atoms with E-state index in [4.69, 9.17) is 4.74 Å². The van der Waals surface area contributed by atoms with Crippen molar-refractivity contribution in [3.05, 3.63) is 59.7 Å². The van der Waals surface area contributed by atoms with Crippen LogP contribution in [0.25, 0.3) is 0 Å². The Morgan fingerprint density at radius 1 is 1.00 bits per heavy atom. The normalized spacial score (nSPS) is 20.5. The summed E-state index contributed by atoms with van der Waals surface area (Å²) in [7, 11) is 0. The van der Waals surface area contributed by atoms with Crippen LogP contribution < -0.4 is 4.74 Å². The zero-order chi connectivity index (χ0) is 15.0. The first-order chi connectivity index (χ1) is 10.1. The van der Waals surface area contributed by atoms with E-state index < -0.39 is 5.41 Å². The van der Waals surface area contributed by atoms with E-state index in [1.54, 1.807) is 0 Å². The number of ether oxygens (including phenoxy) is 1. The number of hydrogen-bond acceptors (Lipinski definition) is 2. The standard InChI is InChI=1S/C19H20O2/c1-4-19(13(2)3)15-10-6-8-12-17(15)21-16-11-7-5-9-14(16)18(19)20/h5-13H,4H2,1-3H3. The molecule has 0 fully saturated rings. The highest BCUT2D eigenvalue weighted by atomic mass is 16.5. The number of carbonyl (C=O) groups excluding carboxylic acids is 1. The van der Waals surface area contributed by atoms with Crippen molar-refractivity contribution in [2.75, 3.05) is 0 Å². The van der Waals surface area contributed by atoms with E-state index in [1.807, 2.05) is 48.5 Å². The van der Waals surface area contributed by atoms with Crippen LogP contribution in [0, 0.1) is 5.92 Å². The SMILES string of the molecule is CCC1(C(C)C)C(=O)c2ccccc2Oc2ccccc21. The predicted octanol–water partition coefficient (Wildman–Crippen LogP) is 4.98. The first kappa shape index (κ1) is 13.9. The van der Waals surface area contributed by atoms with Crippen molar-refractivity contribution >= 4 is 5.78 Å². The van der Waals surface area contributed by atoms with Gasteiger partial charge in [0, 0.05) is 5.56 Å². The third kappa shape index (κ3) is 1.90. The van der Waals surface area contributed by atoms with Crippen LogP contribution in [0.15, 0.2) is 48.5 Å². The van der Waals surface area contributed by atoms with E-state index in [1.165, 1.54) is 0 Å². The Morgan fingerprint density at radius 2 is 1.62 bits per heavy atom. The highest BCUT2D eigenvalue weighted by Gasteiger charge is 2.46. The van der Waals surface area contributed by atoms with Crippen molar-refractivity contribution in [3.63, 3.8) is 0 Å². The van der Waals surface area contributed by atoms with Crippen molar-refractivity contribution in [1.29, 1.82) is 0 Å². The highest BCUT2D eigenvalue weighted by Crippen LogP contribution is 2.48. The van der Waals surface area contributed by atoms with Crippen molar-refractivity contribution in [2.45, 2.75) is 32.6 Å². The van der Waals surface area contributed by atoms with Gasteiger partial charge in [0.05, 0.1) is 11.0 Å². The molecule has 0 aromatic heterocycles. The molecule has 0 bridgehead atoms. The second-order valence-electron chi connectivity index (χ2n) is 5.90. The third-order valence-electron chi connectivity index (χ3n) is 4.67. The van der Waals surface area contributed by atoms with Crippen molar-refractivity contribution in [1.82, 2.24) is 0 Å². The molecule has 3 rings (SSSR count). The van der Waals surface area contributed by atoms with Crippen LogP contribution >= 0.6 is 0 Å². The lowest BCUT2D eigenvalue weighted by atomic mass is 9.65. The van der Waals surface area contributed by atoms with Crippen LogP contribution in [0.1, 0.15) is 43.1 Å². The number of hydrogen-bond donors (Lipinski definition) is 0. The van der Waals surface area contributed by atoms with E-state index in [-0.39, 0.29) is 11.7 Å². The van der Waals surface area contributed by atoms with Gasteiger partial charge in [-0.15, -0.1) is 0 Å². The Morgan fingerprint density at radius 3 is 2.29 bits per heavy atom. The predicted molar refractivity (Wildman–Crippen MR) is 84.1 cm³/mol. The molecule has 0 spiro atoms. The fourth-order valence-electron chi connectivity index (χ4n) is 3.48. The lowest BCUT2D eigenvalue weighted by molar-refractivity contribution is 0.0830. The Bertz CT molecular complexity index is 687. The van der Waals surface area contributed by atoms with Crippen LogP contribution in [0.5, 0.6) is 11.5 Å². The second kappa shape index (κ2) is 5.03. The zero-order valence-corrected chi connectivity index (χ0v) is 12.7. The monoisotopic (exact) mass is 280 g/mol. The summed E-state index contributed by atoms with van der Waals surface area (Å²) in [5.74, 6) is 1.82. The van der Waals surface area contributed by atoms with Crippen LogP contribution in [0.2, 0.25) is 0 Å². The molecule has 0 aliphatic carbocycles. The Balaban J connectivity index is 2.36. The average molecular weight is 280 g/mol. The van der Waals surface area contributed by atoms with Gasteiger partial charge in [0.25, 0.3) is 0 Å². The van der Waals surface area contributed by atoms with Crippen LogP contribution in [-0.4, -0.2) is 5.78 Å². The summed E-state index contributed by atoms with van der Waals surface area (Å²) in [6.45, 7) is 6.32. The van der Waals surface area contributed by atoms with E-state index in [2.05, 4.69) is 20.8 Å². The van der Waals surface area contributed by atoms with E-state index >= 15 is 0 Å². The number of carbonyl (C=O) groups is 1. The molecule has 1 heterocycles. The summed E-state index contributed by atoms with van der Waals surface area (Å²) in [6, 6.07) is 15.5. The van der Waals surface area contributed by atoms with Gasteiger partial charge >= 0.3 is 0 Å². The number of ketones is 1. The molecule has 0 radical (unpaired) electrons. The van der Waals surface area contributed by atoms with Crippen molar-refractivity contribution < 1.29 is 9.53 Å². The molecule has 0 saturated heterocycles. The molecular formula is C19H20O2. The summed E-state index contributed by atoms with van der Waals surface area (Å²) in [6.07, 6.45) is 0.762. The molecule has 0 N–H and O–H groups in total. The molecule has 1 atom stereocenters. The van der Waals surface area contributed by atoms with Gasteiger partial charge in [0.2, 0.25) is 0 Å². The lowest BCUT2D eigenvalue weighted by Gasteiger charge is -2.35. The fraction of sp³-hybridized carbons (Fsp3) is 0.316. The first-order valence-electron chi connectivity index (χ1n) is 7.52. The zero-order valence-electron chi connectivity index (χ0n) is 12.7. The van der Waals surface area contributed by atoms with Gasteiger partial charge in [0.15, 0.2) is 5.78 Å². The fourth-order valence-corrected chi connectivity index (χ4v) is 3.48. The quantitative estimate of drug-likeness (QED) is 0.775. The molecule has 0 amide bonds. The lowest BCUT2D eigenvalue weighted by Crippen LogP contribution is -2.40. The summed E-state index contributed by atoms with van der Waals surface area (Å²) in [4.78, 5) is 13.3. The molecule has 0 saturated carbocycles. The summed E-state index contributed by atoms with van der Waals surface area (Å²) in [5, 5.41) is 0. The molecular weight excluding hydrogens is 260 g/mol. The van der Waals surface area contributed by atoms with Crippen LogP contribution in [-0.2, 0) is 5.41 Å². The number of Topliss-reactive ketones (excluding diaryl/α,β-unsaturated/α-hetero) is 1. The Labute approximate surface area is 125 Å². The molecule has 21 heavy (non-hydrogen) atoms. The Kier molecular flexibility index (Phi) is 3.32. The van der Waals surface area contributed by atoms with E-state index in [0.29, 0.717) is 11.3 Å². The number of rotatable bonds is 2. The molecule has 2 aromatic rings. The first-order valence-corrected chi connectivity index (χ1v) is 7.52. The van der Waals surface area contributed by atoms with Gasteiger partial charge in [-0.3, -0.25) is 4.79 Å². The van der Waals surface area contributed by atoms with Gasteiger partial charge in [-0.1, -0.05) is 51.1 Å². The maximum absolute atomic E-state index is 13.3. The number of fused-ring (bicyclic) bond motifs is 2. The van der Waals surface area contributed by atoms with E-state index in [0.717, 1.165) is 17.7 Å². The maximum Gasteiger partial charge on any atom is 0.177 e. The molecule has 2 heteroatoms. The minimum absolute atomic E-state index is 0.167. The van der Waals surface area contributed by atoms with E-state index in [9.17, 15) is 4.79 Å². The topological polar surface area (TPSA) is 26.3 Å². The number of benzene rings is 2. The summed E-state index contributed by atoms with van der Waals surface area (Å²) < 4.78 is 6.06.